The maximum Gasteiger partial charge on any atom is 0.312 e. The Kier molecular flexibility index (Phi) is 5.15. The average Bonchev–Trinajstić information content (AvgIpc) is 3.17. The number of rotatable bonds is 5. The Labute approximate surface area is 147 Å². The molecule has 1 saturated heterocycles. The molecule has 0 aromatic carbocycles. The van der Waals surface area contributed by atoms with Gasteiger partial charge in [0.2, 0.25) is 0 Å². The molecule has 0 bridgehead atoms. The molecule has 0 saturated carbocycles. The molecule has 3 heterocycles. The summed E-state index contributed by atoms with van der Waals surface area (Å²) in [5, 5.41) is 2.86. The number of nitrogens with one attached hydrogen (secondary N) is 1. The van der Waals surface area contributed by atoms with Crippen LogP contribution in [0.3, 0.4) is 0 Å². The molecule has 1 atom stereocenters. The molecule has 2 aromatic rings. The number of halogens is 1. The lowest BCUT2D eigenvalue weighted by molar-refractivity contribution is -0.142. The lowest BCUT2D eigenvalue weighted by atomic mass is 10.2. The summed E-state index contributed by atoms with van der Waals surface area (Å²) in [5.74, 6) is -0.133. The Hall–Kier alpha value is -1.93. The minimum Gasteiger partial charge on any atom is -0.466 e. The fourth-order valence-electron chi connectivity index (χ4n) is 2.65. The van der Waals surface area contributed by atoms with Gasteiger partial charge in [-0.05, 0) is 47.8 Å². The second kappa shape index (κ2) is 7.31. The van der Waals surface area contributed by atoms with Crippen molar-refractivity contribution in [3.8, 4) is 0 Å². The van der Waals surface area contributed by atoms with Crippen molar-refractivity contribution in [1.29, 1.82) is 0 Å². The summed E-state index contributed by atoms with van der Waals surface area (Å²) in [6.45, 7) is 2.64. The molecule has 3 rings (SSSR count). The molecule has 7 nitrogen and oxygen atoms in total. The van der Waals surface area contributed by atoms with Gasteiger partial charge >= 0.3 is 5.97 Å². The first kappa shape index (κ1) is 16.9. The summed E-state index contributed by atoms with van der Waals surface area (Å²) in [5.41, 5.74) is 1.11. The number of carbonyl (C=O) groups excluding carboxylic acids is 2. The van der Waals surface area contributed by atoms with E-state index in [4.69, 9.17) is 9.47 Å². The molecule has 2 aromatic heterocycles. The molecule has 1 unspecified atom stereocenters. The number of hydrogen-bond acceptors (Lipinski definition) is 5. The molecule has 1 N–H and O–H groups in total. The minimum absolute atomic E-state index is 0.00568. The highest BCUT2D eigenvalue weighted by Crippen LogP contribution is 2.23. The number of nitrogens with zero attached hydrogens (tertiary/aromatic N) is 2. The van der Waals surface area contributed by atoms with Crippen molar-refractivity contribution in [2.75, 3.05) is 18.5 Å². The zero-order valence-corrected chi connectivity index (χ0v) is 14.8. The highest BCUT2D eigenvalue weighted by Gasteiger charge is 2.26. The highest BCUT2D eigenvalue weighted by molar-refractivity contribution is 9.10. The number of ether oxygens (including phenoxy) is 2. The van der Waals surface area contributed by atoms with E-state index in [0.29, 0.717) is 36.8 Å². The smallest absolute Gasteiger partial charge is 0.312 e. The largest absolute Gasteiger partial charge is 0.466 e. The monoisotopic (exact) mass is 395 g/mol. The van der Waals surface area contributed by atoms with Gasteiger partial charge in [0.15, 0.2) is 0 Å². The quantitative estimate of drug-likeness (QED) is 0.785. The summed E-state index contributed by atoms with van der Waals surface area (Å²) in [4.78, 5) is 28.7. The fourth-order valence-corrected chi connectivity index (χ4v) is 2.99. The van der Waals surface area contributed by atoms with Crippen LogP contribution in [-0.4, -0.2) is 40.6 Å². The molecular weight excluding hydrogens is 378 g/mol. The van der Waals surface area contributed by atoms with E-state index in [-0.39, 0.29) is 18.3 Å². The molecule has 128 valence electrons. The summed E-state index contributed by atoms with van der Waals surface area (Å²) in [6.07, 6.45) is 2.89. The van der Waals surface area contributed by atoms with E-state index in [1.165, 1.54) is 0 Å². The third-order valence-corrected chi connectivity index (χ3v) is 4.20. The third-order valence-electron chi connectivity index (χ3n) is 3.74. The number of amides is 1. The molecule has 8 heteroatoms. The van der Waals surface area contributed by atoms with Crippen molar-refractivity contribution >= 4 is 39.3 Å². The lowest BCUT2D eigenvalue weighted by Crippen LogP contribution is -2.28. The van der Waals surface area contributed by atoms with Crippen molar-refractivity contribution in [1.82, 2.24) is 9.38 Å². The highest BCUT2D eigenvalue weighted by atomic mass is 79.9. The maximum atomic E-state index is 12.4. The number of hydrogen-bond donors (Lipinski definition) is 1. The molecule has 0 aliphatic carbocycles. The van der Waals surface area contributed by atoms with Crippen LogP contribution < -0.4 is 5.32 Å². The van der Waals surface area contributed by atoms with Gasteiger partial charge in [0.1, 0.15) is 17.6 Å². The maximum absolute atomic E-state index is 12.4. The molecule has 1 aliphatic rings. The topological polar surface area (TPSA) is 81.9 Å². The van der Waals surface area contributed by atoms with Crippen molar-refractivity contribution in [2.24, 2.45) is 0 Å². The van der Waals surface area contributed by atoms with E-state index in [0.717, 1.165) is 10.9 Å². The SMILES string of the molecule is CCOC(=O)Cc1nc2ccc(Br)cn2c1NC(=O)C1CCCO1. The van der Waals surface area contributed by atoms with Gasteiger partial charge in [0.05, 0.1) is 18.7 Å². The number of aromatic nitrogens is 2. The number of imidazole rings is 1. The Morgan fingerprint density at radius 3 is 3.04 bits per heavy atom. The summed E-state index contributed by atoms with van der Waals surface area (Å²) >= 11 is 3.41. The molecule has 1 aliphatic heterocycles. The number of anilines is 1. The summed E-state index contributed by atoms with van der Waals surface area (Å²) in [7, 11) is 0. The molecular formula is C16H18BrN3O4. The number of pyridine rings is 1. The van der Waals surface area contributed by atoms with Crippen molar-refractivity contribution in [2.45, 2.75) is 32.3 Å². The second-order valence-electron chi connectivity index (χ2n) is 5.46. The molecule has 1 amide bonds. The first-order valence-corrected chi connectivity index (χ1v) is 8.62. The number of esters is 1. The lowest BCUT2D eigenvalue weighted by Gasteiger charge is -2.11. The number of fused-ring (bicyclic) bond motifs is 1. The van der Waals surface area contributed by atoms with Crippen molar-refractivity contribution < 1.29 is 19.1 Å². The van der Waals surface area contributed by atoms with E-state index in [9.17, 15) is 9.59 Å². The second-order valence-corrected chi connectivity index (χ2v) is 6.37. The molecule has 24 heavy (non-hydrogen) atoms. The summed E-state index contributed by atoms with van der Waals surface area (Å²) < 4.78 is 13.0. The van der Waals surface area contributed by atoms with Crippen LogP contribution in [0.15, 0.2) is 22.8 Å². The van der Waals surface area contributed by atoms with Gasteiger partial charge in [-0.1, -0.05) is 0 Å². The van der Waals surface area contributed by atoms with Crippen LogP contribution in [-0.2, 0) is 25.5 Å². The minimum atomic E-state index is -0.460. The van der Waals surface area contributed by atoms with Crippen LogP contribution in [0.2, 0.25) is 0 Å². The third kappa shape index (κ3) is 3.59. The standard InChI is InChI=1S/C16H18BrN3O4/c1-2-23-14(21)8-11-15(19-16(22)12-4-3-7-24-12)20-9-10(17)5-6-13(20)18-11/h5-6,9,12H,2-4,7-8H2,1H3,(H,19,22). The van der Waals surface area contributed by atoms with Crippen LogP contribution in [0.4, 0.5) is 5.82 Å². The fraction of sp³-hybridized carbons (Fsp3) is 0.438. The predicted octanol–water partition coefficient (Wildman–Crippen LogP) is 2.32. The zero-order chi connectivity index (χ0) is 17.1. The zero-order valence-electron chi connectivity index (χ0n) is 13.3. The van der Waals surface area contributed by atoms with Gasteiger partial charge in [-0.3, -0.25) is 14.0 Å². The first-order chi connectivity index (χ1) is 11.6. The molecule has 0 spiro atoms. The van der Waals surface area contributed by atoms with Crippen LogP contribution in [0.25, 0.3) is 5.65 Å². The van der Waals surface area contributed by atoms with Crippen LogP contribution >= 0.6 is 15.9 Å². The Bertz CT molecular complexity index is 768. The normalized spacial score (nSPS) is 17.2. The van der Waals surface area contributed by atoms with Gasteiger partial charge in [-0.25, -0.2) is 4.98 Å². The van der Waals surface area contributed by atoms with Crippen molar-refractivity contribution in [3.05, 3.63) is 28.5 Å². The van der Waals surface area contributed by atoms with E-state index in [2.05, 4.69) is 26.2 Å². The van der Waals surface area contributed by atoms with Gasteiger partial charge in [0, 0.05) is 17.3 Å². The predicted molar refractivity (Wildman–Crippen MR) is 90.8 cm³/mol. The van der Waals surface area contributed by atoms with Gasteiger partial charge in [-0.2, -0.15) is 0 Å². The van der Waals surface area contributed by atoms with E-state index in [1.807, 2.05) is 6.07 Å². The van der Waals surface area contributed by atoms with Crippen molar-refractivity contribution in [3.63, 3.8) is 0 Å². The van der Waals surface area contributed by atoms with Crippen LogP contribution in [0.1, 0.15) is 25.5 Å². The van der Waals surface area contributed by atoms with E-state index in [1.54, 1.807) is 23.6 Å². The van der Waals surface area contributed by atoms with E-state index < -0.39 is 6.10 Å². The Morgan fingerprint density at radius 1 is 1.50 bits per heavy atom. The van der Waals surface area contributed by atoms with Crippen LogP contribution in [0, 0.1) is 0 Å². The van der Waals surface area contributed by atoms with Gasteiger partial charge < -0.3 is 14.8 Å². The molecule has 1 fully saturated rings. The van der Waals surface area contributed by atoms with Crippen LogP contribution in [0.5, 0.6) is 0 Å². The van der Waals surface area contributed by atoms with Gasteiger partial charge in [-0.15, -0.1) is 0 Å². The Balaban J connectivity index is 1.93. The van der Waals surface area contributed by atoms with E-state index >= 15 is 0 Å². The van der Waals surface area contributed by atoms with Gasteiger partial charge in [0.25, 0.3) is 5.91 Å². The summed E-state index contributed by atoms with van der Waals surface area (Å²) in [6, 6.07) is 3.66. The Morgan fingerprint density at radius 2 is 2.33 bits per heavy atom. The number of carbonyl (C=O) groups is 2. The average molecular weight is 396 g/mol. The first-order valence-electron chi connectivity index (χ1n) is 7.83. The molecule has 0 radical (unpaired) electrons.